The summed E-state index contributed by atoms with van der Waals surface area (Å²) in [6, 6.07) is 14.9. The molecule has 8 nitrogen and oxygen atoms in total. The molecule has 0 spiro atoms. The molecule has 0 radical (unpaired) electrons. The predicted molar refractivity (Wildman–Crippen MR) is 123 cm³/mol. The molecule has 2 fully saturated rings. The largest absolute Gasteiger partial charge is 0.493 e. The molecular formula is C24H28N2O6S. The highest BCUT2D eigenvalue weighted by molar-refractivity contribution is 7.91. The van der Waals surface area contributed by atoms with Crippen LogP contribution in [0.15, 0.2) is 48.5 Å². The van der Waals surface area contributed by atoms with E-state index in [0.29, 0.717) is 56.3 Å². The van der Waals surface area contributed by atoms with Crippen LogP contribution in [-0.4, -0.2) is 74.8 Å². The maximum absolute atomic E-state index is 13.0. The summed E-state index contributed by atoms with van der Waals surface area (Å²) in [5.74, 6) is 0.333. The van der Waals surface area contributed by atoms with Crippen molar-refractivity contribution in [1.82, 2.24) is 9.80 Å². The van der Waals surface area contributed by atoms with Crippen molar-refractivity contribution in [2.45, 2.75) is 13.0 Å². The van der Waals surface area contributed by atoms with Gasteiger partial charge in [-0.15, -0.1) is 0 Å². The lowest BCUT2D eigenvalue weighted by Gasteiger charge is -2.36. The fourth-order valence-electron chi connectivity index (χ4n) is 4.22. The summed E-state index contributed by atoms with van der Waals surface area (Å²) in [7, 11) is -1.57. The number of amides is 2. The third-order valence-electron chi connectivity index (χ3n) is 6.11. The summed E-state index contributed by atoms with van der Waals surface area (Å²) in [5.41, 5.74) is 1.52. The Kier molecular flexibility index (Phi) is 6.88. The number of carbonyl (C=O) groups is 2. The van der Waals surface area contributed by atoms with Crippen LogP contribution in [0.4, 0.5) is 0 Å². The molecule has 2 amide bonds. The Morgan fingerprint density at radius 2 is 1.67 bits per heavy atom. The van der Waals surface area contributed by atoms with Crippen molar-refractivity contribution in [2.75, 3.05) is 44.8 Å². The average Bonchev–Trinajstić information content (AvgIpc) is 3.22. The highest BCUT2D eigenvalue weighted by Gasteiger charge is 2.36. The molecule has 0 N–H and O–H groups in total. The maximum Gasteiger partial charge on any atom is 0.254 e. The third kappa shape index (κ3) is 5.47. The summed E-state index contributed by atoms with van der Waals surface area (Å²) >= 11 is 0. The first-order valence-electron chi connectivity index (χ1n) is 11.0. The van der Waals surface area contributed by atoms with Crippen molar-refractivity contribution < 1.29 is 27.5 Å². The van der Waals surface area contributed by atoms with Gasteiger partial charge in [0, 0.05) is 31.7 Å². The van der Waals surface area contributed by atoms with Crippen molar-refractivity contribution in [2.24, 2.45) is 5.92 Å². The molecule has 33 heavy (non-hydrogen) atoms. The van der Waals surface area contributed by atoms with E-state index >= 15 is 0 Å². The molecular weight excluding hydrogens is 444 g/mol. The van der Waals surface area contributed by atoms with E-state index in [1.165, 1.54) is 7.11 Å². The first-order valence-corrected chi connectivity index (χ1v) is 12.8. The lowest BCUT2D eigenvalue weighted by molar-refractivity contribution is -0.136. The summed E-state index contributed by atoms with van der Waals surface area (Å²) < 4.78 is 34.6. The first kappa shape index (κ1) is 23.1. The van der Waals surface area contributed by atoms with Crippen LogP contribution in [0, 0.1) is 5.92 Å². The summed E-state index contributed by atoms with van der Waals surface area (Å²) in [4.78, 5) is 29.1. The number of methoxy groups -OCH3 is 1. The highest BCUT2D eigenvalue weighted by atomic mass is 32.2. The minimum atomic E-state index is -3.10. The molecule has 2 heterocycles. The monoisotopic (exact) mass is 472 g/mol. The minimum absolute atomic E-state index is 0.0660. The number of hydrogen-bond acceptors (Lipinski definition) is 6. The van der Waals surface area contributed by atoms with Crippen LogP contribution >= 0.6 is 0 Å². The van der Waals surface area contributed by atoms with E-state index in [4.69, 9.17) is 9.47 Å². The van der Waals surface area contributed by atoms with Crippen molar-refractivity contribution in [3.8, 4) is 11.5 Å². The Morgan fingerprint density at radius 1 is 0.970 bits per heavy atom. The van der Waals surface area contributed by atoms with E-state index in [0.717, 1.165) is 5.56 Å². The van der Waals surface area contributed by atoms with Gasteiger partial charge in [-0.3, -0.25) is 9.59 Å². The van der Waals surface area contributed by atoms with Gasteiger partial charge in [-0.1, -0.05) is 30.3 Å². The molecule has 2 aliphatic heterocycles. The summed E-state index contributed by atoms with van der Waals surface area (Å²) in [6.07, 6.45) is 0.388. The van der Waals surface area contributed by atoms with Crippen LogP contribution < -0.4 is 9.47 Å². The van der Waals surface area contributed by atoms with E-state index in [9.17, 15) is 18.0 Å². The van der Waals surface area contributed by atoms with Crippen LogP contribution in [0.2, 0.25) is 0 Å². The lowest BCUT2D eigenvalue weighted by Crippen LogP contribution is -2.52. The number of ether oxygens (including phenoxy) is 2. The molecule has 0 saturated carbocycles. The fourth-order valence-corrected chi connectivity index (χ4v) is 5.95. The SMILES string of the molecule is COc1cc(C(=O)N2CCN(C(=O)[C@@H]3CCS(=O)(=O)C3)CC2)ccc1OCc1ccccc1. The van der Waals surface area contributed by atoms with E-state index in [1.54, 1.807) is 28.0 Å². The Balaban J connectivity index is 1.35. The molecule has 0 aliphatic carbocycles. The third-order valence-corrected chi connectivity index (χ3v) is 7.88. The zero-order valence-electron chi connectivity index (χ0n) is 18.6. The van der Waals surface area contributed by atoms with Crippen molar-refractivity contribution >= 4 is 21.7 Å². The number of carbonyl (C=O) groups excluding carboxylic acids is 2. The predicted octanol–water partition coefficient (Wildman–Crippen LogP) is 1.99. The second-order valence-corrected chi connectivity index (χ2v) is 10.6. The summed E-state index contributed by atoms with van der Waals surface area (Å²) in [5, 5.41) is 0. The van der Waals surface area contributed by atoms with Crippen molar-refractivity contribution in [3.05, 3.63) is 59.7 Å². The van der Waals surface area contributed by atoms with Gasteiger partial charge in [-0.05, 0) is 30.2 Å². The molecule has 176 valence electrons. The molecule has 2 aromatic carbocycles. The highest BCUT2D eigenvalue weighted by Crippen LogP contribution is 2.29. The van der Waals surface area contributed by atoms with Crippen LogP contribution in [0.1, 0.15) is 22.3 Å². The molecule has 2 aromatic rings. The van der Waals surface area contributed by atoms with Gasteiger partial charge in [0.15, 0.2) is 21.3 Å². The molecule has 9 heteroatoms. The van der Waals surface area contributed by atoms with E-state index in [2.05, 4.69) is 0 Å². The molecule has 0 unspecified atom stereocenters. The second-order valence-electron chi connectivity index (χ2n) is 8.36. The number of rotatable bonds is 6. The topological polar surface area (TPSA) is 93.2 Å². The van der Waals surface area contributed by atoms with Crippen LogP contribution in [0.3, 0.4) is 0 Å². The van der Waals surface area contributed by atoms with Crippen molar-refractivity contribution in [1.29, 1.82) is 0 Å². The smallest absolute Gasteiger partial charge is 0.254 e. The number of hydrogen-bond donors (Lipinski definition) is 0. The quantitative estimate of drug-likeness (QED) is 0.639. The Labute approximate surface area is 194 Å². The zero-order valence-corrected chi connectivity index (χ0v) is 19.4. The van der Waals surface area contributed by atoms with E-state index < -0.39 is 15.8 Å². The van der Waals surface area contributed by atoms with Crippen LogP contribution in [-0.2, 0) is 21.2 Å². The van der Waals surface area contributed by atoms with Gasteiger partial charge < -0.3 is 19.3 Å². The number of sulfone groups is 1. The Morgan fingerprint density at radius 3 is 2.30 bits per heavy atom. The molecule has 0 aromatic heterocycles. The lowest BCUT2D eigenvalue weighted by atomic mass is 10.1. The first-order chi connectivity index (χ1) is 15.9. The van der Waals surface area contributed by atoms with Crippen LogP contribution in [0.25, 0.3) is 0 Å². The molecule has 2 aliphatic rings. The molecule has 2 saturated heterocycles. The van der Waals surface area contributed by atoms with Crippen LogP contribution in [0.5, 0.6) is 11.5 Å². The molecule has 4 rings (SSSR count). The average molecular weight is 473 g/mol. The van der Waals surface area contributed by atoms with Crippen molar-refractivity contribution in [3.63, 3.8) is 0 Å². The number of nitrogens with zero attached hydrogens (tertiary/aromatic N) is 2. The van der Waals surface area contributed by atoms with Gasteiger partial charge in [0.2, 0.25) is 5.91 Å². The number of benzene rings is 2. The van der Waals surface area contributed by atoms with Gasteiger partial charge in [-0.2, -0.15) is 0 Å². The normalized spacial score (nSPS) is 19.8. The van der Waals surface area contributed by atoms with E-state index in [-0.39, 0.29) is 23.3 Å². The zero-order chi connectivity index (χ0) is 23.4. The number of piperazine rings is 1. The van der Waals surface area contributed by atoms with Gasteiger partial charge in [0.05, 0.1) is 24.5 Å². The standard InChI is InChI=1S/C24H28N2O6S/c1-31-22-15-19(7-8-21(22)32-16-18-5-3-2-4-6-18)23(27)25-10-12-26(13-11-25)24(28)20-9-14-33(29,30)17-20/h2-8,15,20H,9-14,16-17H2,1H3/t20-/m1/s1. The molecule has 0 bridgehead atoms. The fraction of sp³-hybridized carbons (Fsp3) is 0.417. The van der Waals surface area contributed by atoms with Gasteiger partial charge in [-0.25, -0.2) is 8.42 Å². The van der Waals surface area contributed by atoms with Gasteiger partial charge in [0.1, 0.15) is 6.61 Å². The van der Waals surface area contributed by atoms with Gasteiger partial charge in [0.25, 0.3) is 5.91 Å². The van der Waals surface area contributed by atoms with Gasteiger partial charge >= 0.3 is 0 Å². The summed E-state index contributed by atoms with van der Waals surface area (Å²) in [6.45, 7) is 1.99. The minimum Gasteiger partial charge on any atom is -0.493 e. The Bertz CT molecular complexity index is 1110. The second kappa shape index (κ2) is 9.82. The van der Waals surface area contributed by atoms with E-state index in [1.807, 2.05) is 30.3 Å². The molecule has 1 atom stereocenters. The maximum atomic E-state index is 13.0. The Hall–Kier alpha value is -3.07.